The third-order valence-electron chi connectivity index (χ3n) is 2.28. The molecule has 0 amide bonds. The van der Waals surface area contributed by atoms with Gasteiger partial charge in [0.2, 0.25) is 5.79 Å². The maximum Gasteiger partial charge on any atom is 0.202 e. The van der Waals surface area contributed by atoms with Crippen LogP contribution >= 0.6 is 0 Å². The lowest BCUT2D eigenvalue weighted by atomic mass is 9.93. The first-order valence-electron chi connectivity index (χ1n) is 4.56. The molecule has 0 bridgehead atoms. The molecule has 0 fully saturated rings. The summed E-state index contributed by atoms with van der Waals surface area (Å²) in [6.07, 6.45) is 6.36. The van der Waals surface area contributed by atoms with E-state index in [0.717, 1.165) is 5.56 Å². The molecule has 0 aliphatic heterocycles. The smallest absolute Gasteiger partial charge is 0.202 e. The third-order valence-corrected chi connectivity index (χ3v) is 2.28. The summed E-state index contributed by atoms with van der Waals surface area (Å²) in [6, 6.07) is 9.93. The van der Waals surface area contributed by atoms with Crippen LogP contribution in [0.5, 0.6) is 0 Å². The molecule has 2 rings (SSSR count). The molecule has 0 aromatic heterocycles. The molecule has 2 nitrogen and oxygen atoms in total. The Morgan fingerprint density at radius 1 is 0.929 bits per heavy atom. The molecule has 0 heterocycles. The number of rotatable bonds is 1. The number of aliphatic hydroxyl groups is 2. The maximum absolute atomic E-state index is 9.22. The quantitative estimate of drug-likeness (QED) is 0.519. The molecule has 1 aliphatic carbocycles. The molecule has 0 radical (unpaired) electrons. The van der Waals surface area contributed by atoms with Gasteiger partial charge in [0.15, 0.2) is 0 Å². The summed E-state index contributed by atoms with van der Waals surface area (Å²) >= 11 is 0. The van der Waals surface area contributed by atoms with Crippen molar-refractivity contribution >= 4 is 0 Å². The van der Waals surface area contributed by atoms with Gasteiger partial charge < -0.3 is 10.2 Å². The molecule has 0 unspecified atom stereocenters. The van der Waals surface area contributed by atoms with Crippen molar-refractivity contribution in [2.75, 3.05) is 0 Å². The zero-order chi connectivity index (χ0) is 10.0. The first kappa shape index (κ1) is 9.19. The van der Waals surface area contributed by atoms with E-state index in [1.54, 1.807) is 12.2 Å². The van der Waals surface area contributed by atoms with E-state index >= 15 is 0 Å². The van der Waals surface area contributed by atoms with E-state index in [-0.39, 0.29) is 5.92 Å². The van der Waals surface area contributed by atoms with Gasteiger partial charge in [0, 0.05) is 5.92 Å². The van der Waals surface area contributed by atoms with Crippen LogP contribution < -0.4 is 0 Å². The van der Waals surface area contributed by atoms with Crippen molar-refractivity contribution in [2.24, 2.45) is 0 Å². The highest BCUT2D eigenvalue weighted by molar-refractivity contribution is 5.33. The standard InChI is InChI=1S/C12H12O2/c13-12(14)8-6-11(7-9-12)10-4-2-1-3-5-10/h1-9,11,13-14H. The lowest BCUT2D eigenvalue weighted by molar-refractivity contribution is -0.0754. The second-order valence-corrected chi connectivity index (χ2v) is 3.44. The minimum atomic E-state index is -1.77. The van der Waals surface area contributed by atoms with Crippen molar-refractivity contribution in [3.8, 4) is 0 Å². The maximum atomic E-state index is 9.22. The normalized spacial score (nSPS) is 19.9. The Balaban J connectivity index is 2.22. The predicted molar refractivity (Wildman–Crippen MR) is 54.6 cm³/mol. The summed E-state index contributed by atoms with van der Waals surface area (Å²) in [7, 11) is 0. The van der Waals surface area contributed by atoms with Gasteiger partial charge in [-0.2, -0.15) is 0 Å². The predicted octanol–water partition coefficient (Wildman–Crippen LogP) is 1.58. The molecule has 2 heteroatoms. The Kier molecular flexibility index (Phi) is 2.23. The van der Waals surface area contributed by atoms with E-state index in [1.165, 1.54) is 12.2 Å². The largest absolute Gasteiger partial charge is 0.359 e. The molecule has 2 N–H and O–H groups in total. The van der Waals surface area contributed by atoms with Crippen LogP contribution in [0, 0.1) is 0 Å². The van der Waals surface area contributed by atoms with Crippen molar-refractivity contribution in [3.63, 3.8) is 0 Å². The van der Waals surface area contributed by atoms with Gasteiger partial charge in [0.1, 0.15) is 0 Å². The van der Waals surface area contributed by atoms with Crippen molar-refractivity contribution in [3.05, 3.63) is 60.2 Å². The van der Waals surface area contributed by atoms with Crippen LogP contribution in [0.2, 0.25) is 0 Å². The summed E-state index contributed by atoms with van der Waals surface area (Å²) < 4.78 is 0. The Morgan fingerprint density at radius 2 is 1.50 bits per heavy atom. The fraction of sp³-hybridized carbons (Fsp3) is 0.167. The molecule has 0 spiro atoms. The van der Waals surface area contributed by atoms with Crippen LogP contribution in [-0.2, 0) is 0 Å². The summed E-state index contributed by atoms with van der Waals surface area (Å²) in [5.41, 5.74) is 1.15. The zero-order valence-electron chi connectivity index (χ0n) is 7.67. The molecule has 0 atom stereocenters. The molecule has 0 saturated carbocycles. The van der Waals surface area contributed by atoms with Crippen molar-refractivity contribution in [2.45, 2.75) is 11.7 Å². The zero-order valence-corrected chi connectivity index (χ0v) is 7.67. The molecule has 0 saturated heterocycles. The Morgan fingerprint density at radius 3 is 2.07 bits per heavy atom. The number of allylic oxidation sites excluding steroid dienone is 2. The van der Waals surface area contributed by atoms with Crippen LogP contribution in [0.1, 0.15) is 11.5 Å². The number of hydrogen-bond acceptors (Lipinski definition) is 2. The van der Waals surface area contributed by atoms with E-state index < -0.39 is 5.79 Å². The Hall–Kier alpha value is -1.38. The topological polar surface area (TPSA) is 40.5 Å². The minimum absolute atomic E-state index is 0.142. The van der Waals surface area contributed by atoms with Gasteiger partial charge in [-0.15, -0.1) is 0 Å². The van der Waals surface area contributed by atoms with Crippen LogP contribution in [0.15, 0.2) is 54.6 Å². The van der Waals surface area contributed by atoms with Gasteiger partial charge in [-0.1, -0.05) is 42.5 Å². The molecule has 1 aromatic rings. The summed E-state index contributed by atoms with van der Waals surface area (Å²) in [4.78, 5) is 0. The molecule has 14 heavy (non-hydrogen) atoms. The number of benzene rings is 1. The lowest BCUT2D eigenvalue weighted by Crippen LogP contribution is -2.23. The Bertz CT molecular complexity index is 347. The first-order chi connectivity index (χ1) is 6.67. The van der Waals surface area contributed by atoms with Crippen LogP contribution in [-0.4, -0.2) is 16.0 Å². The molecular weight excluding hydrogens is 176 g/mol. The summed E-state index contributed by atoms with van der Waals surface area (Å²) in [5.74, 6) is -1.63. The highest BCUT2D eigenvalue weighted by Gasteiger charge is 2.19. The van der Waals surface area contributed by atoms with Gasteiger partial charge in [-0.3, -0.25) is 0 Å². The molecule has 1 aromatic carbocycles. The van der Waals surface area contributed by atoms with Gasteiger partial charge in [0.05, 0.1) is 0 Å². The van der Waals surface area contributed by atoms with Crippen LogP contribution in [0.25, 0.3) is 0 Å². The van der Waals surface area contributed by atoms with Crippen LogP contribution in [0.4, 0.5) is 0 Å². The van der Waals surface area contributed by atoms with Gasteiger partial charge in [-0.25, -0.2) is 0 Å². The average molecular weight is 188 g/mol. The van der Waals surface area contributed by atoms with Gasteiger partial charge in [-0.05, 0) is 17.7 Å². The van der Waals surface area contributed by atoms with Crippen molar-refractivity contribution in [1.29, 1.82) is 0 Å². The van der Waals surface area contributed by atoms with E-state index in [2.05, 4.69) is 0 Å². The fourth-order valence-corrected chi connectivity index (χ4v) is 1.51. The second kappa shape index (κ2) is 3.40. The SMILES string of the molecule is OC1(O)C=CC(c2ccccc2)C=C1. The monoisotopic (exact) mass is 188 g/mol. The van der Waals surface area contributed by atoms with E-state index in [4.69, 9.17) is 0 Å². The van der Waals surface area contributed by atoms with E-state index in [0.29, 0.717) is 0 Å². The van der Waals surface area contributed by atoms with E-state index in [1.807, 2.05) is 30.3 Å². The van der Waals surface area contributed by atoms with Crippen LogP contribution in [0.3, 0.4) is 0 Å². The summed E-state index contributed by atoms with van der Waals surface area (Å²) in [6.45, 7) is 0. The highest BCUT2D eigenvalue weighted by Crippen LogP contribution is 2.24. The van der Waals surface area contributed by atoms with Crippen molar-refractivity contribution in [1.82, 2.24) is 0 Å². The van der Waals surface area contributed by atoms with Gasteiger partial charge in [0.25, 0.3) is 0 Å². The average Bonchev–Trinajstić information content (AvgIpc) is 2.19. The van der Waals surface area contributed by atoms with Crippen molar-refractivity contribution < 1.29 is 10.2 Å². The number of hydrogen-bond donors (Lipinski definition) is 2. The van der Waals surface area contributed by atoms with Gasteiger partial charge >= 0.3 is 0 Å². The molecular formula is C12H12O2. The first-order valence-corrected chi connectivity index (χ1v) is 4.56. The molecule has 1 aliphatic rings. The second-order valence-electron chi connectivity index (χ2n) is 3.44. The highest BCUT2D eigenvalue weighted by atomic mass is 16.5. The minimum Gasteiger partial charge on any atom is -0.359 e. The molecule has 72 valence electrons. The lowest BCUT2D eigenvalue weighted by Gasteiger charge is -2.19. The fourth-order valence-electron chi connectivity index (χ4n) is 1.51. The third kappa shape index (κ3) is 1.92. The Labute approximate surface area is 82.8 Å². The summed E-state index contributed by atoms with van der Waals surface area (Å²) in [5, 5.41) is 18.4. The van der Waals surface area contributed by atoms with E-state index in [9.17, 15) is 10.2 Å².